The van der Waals surface area contributed by atoms with E-state index in [0.717, 1.165) is 0 Å². The normalized spacial score (nSPS) is 11.5. The van der Waals surface area contributed by atoms with Crippen molar-refractivity contribution in [1.82, 2.24) is 25.4 Å². The summed E-state index contributed by atoms with van der Waals surface area (Å²) in [4.78, 5) is 41.8. The van der Waals surface area contributed by atoms with E-state index in [1.807, 2.05) is 6.07 Å². The summed E-state index contributed by atoms with van der Waals surface area (Å²) in [7, 11) is 0. The number of para-hydroxylation sites is 1. The minimum absolute atomic E-state index is 0.00223. The molecule has 3 amide bonds. The lowest BCUT2D eigenvalue weighted by Crippen LogP contribution is -2.44. The van der Waals surface area contributed by atoms with Gasteiger partial charge in [-0.05, 0) is 43.3 Å². The molecule has 0 aliphatic heterocycles. The molecule has 40 heavy (non-hydrogen) atoms. The van der Waals surface area contributed by atoms with E-state index in [1.165, 1.54) is 41.2 Å². The highest BCUT2D eigenvalue weighted by Crippen LogP contribution is 2.33. The molecule has 0 saturated carbocycles. The minimum atomic E-state index is -0.651. The molecule has 5 N–H and O–H groups in total. The largest absolute Gasteiger partial charge is 0.351 e. The van der Waals surface area contributed by atoms with Gasteiger partial charge in [-0.2, -0.15) is 5.10 Å². The summed E-state index contributed by atoms with van der Waals surface area (Å²) in [6, 6.07) is 15.2. The number of pyridine rings is 1. The number of rotatable bonds is 9. The molecule has 0 fully saturated rings. The van der Waals surface area contributed by atoms with Gasteiger partial charge >= 0.3 is 0 Å². The van der Waals surface area contributed by atoms with Crippen molar-refractivity contribution in [2.24, 2.45) is 5.73 Å². The van der Waals surface area contributed by atoms with Crippen LogP contribution in [-0.4, -0.2) is 51.6 Å². The summed E-state index contributed by atoms with van der Waals surface area (Å²) in [5.74, 6) is -1.98. The Morgan fingerprint density at radius 2 is 1.77 bits per heavy atom. The van der Waals surface area contributed by atoms with Crippen LogP contribution in [-0.2, 0) is 4.79 Å². The van der Waals surface area contributed by atoms with E-state index in [-0.39, 0.29) is 63.4 Å². The van der Waals surface area contributed by atoms with Crippen molar-refractivity contribution in [3.8, 4) is 16.9 Å². The van der Waals surface area contributed by atoms with Crippen LogP contribution in [0.3, 0.4) is 0 Å². The van der Waals surface area contributed by atoms with Crippen LogP contribution in [0, 0.1) is 5.82 Å². The van der Waals surface area contributed by atoms with E-state index in [0.29, 0.717) is 5.69 Å². The van der Waals surface area contributed by atoms with Gasteiger partial charge in [0.15, 0.2) is 5.69 Å². The molecule has 1 atom stereocenters. The third-order valence-electron chi connectivity index (χ3n) is 5.66. The standard InChI is InChI=1S/C27H24Cl2FN7O3/c1-15(34-24(38)13-31)14-33-27(40)22-12-23(37(36-22)16-6-3-2-4-7-16)35-26(39)18-10-17(19(28)11-20(18)29)25-21(30)8-5-9-32-25/h2-12,15H,13-14,31H2,1H3,(H,33,40)(H,34,38)(H,35,39)/t15-/m0/s1. The van der Waals surface area contributed by atoms with Gasteiger partial charge in [0, 0.05) is 30.4 Å². The molecule has 2 heterocycles. The molecule has 13 heteroatoms. The zero-order chi connectivity index (χ0) is 28.8. The van der Waals surface area contributed by atoms with Crippen LogP contribution in [0.4, 0.5) is 10.2 Å². The number of hydrogen-bond donors (Lipinski definition) is 4. The molecule has 0 aliphatic rings. The lowest BCUT2D eigenvalue weighted by Gasteiger charge is -2.13. The highest BCUT2D eigenvalue weighted by Gasteiger charge is 2.22. The number of carbonyl (C=O) groups excluding carboxylic acids is 3. The number of hydrogen-bond acceptors (Lipinski definition) is 6. The van der Waals surface area contributed by atoms with Crippen molar-refractivity contribution in [3.05, 3.63) is 94.0 Å². The van der Waals surface area contributed by atoms with E-state index in [9.17, 15) is 18.8 Å². The lowest BCUT2D eigenvalue weighted by atomic mass is 10.1. The first-order valence-corrected chi connectivity index (χ1v) is 12.8. The van der Waals surface area contributed by atoms with Crippen molar-refractivity contribution in [2.45, 2.75) is 13.0 Å². The Hall–Kier alpha value is -4.32. The van der Waals surface area contributed by atoms with Crippen molar-refractivity contribution in [1.29, 1.82) is 0 Å². The highest BCUT2D eigenvalue weighted by molar-refractivity contribution is 6.38. The monoisotopic (exact) mass is 583 g/mol. The summed E-state index contributed by atoms with van der Waals surface area (Å²) in [5, 5.41) is 12.6. The summed E-state index contributed by atoms with van der Waals surface area (Å²) in [6.07, 6.45) is 1.40. The maximum atomic E-state index is 14.4. The zero-order valence-corrected chi connectivity index (χ0v) is 22.6. The number of nitrogens with one attached hydrogen (secondary N) is 3. The quantitative estimate of drug-likeness (QED) is 0.236. The van der Waals surface area contributed by atoms with E-state index in [2.05, 4.69) is 26.0 Å². The van der Waals surface area contributed by atoms with E-state index < -0.39 is 17.6 Å². The fourth-order valence-electron chi connectivity index (χ4n) is 3.74. The Balaban J connectivity index is 1.63. The van der Waals surface area contributed by atoms with Crippen LogP contribution in [0.5, 0.6) is 0 Å². The molecule has 4 rings (SSSR count). The Bertz CT molecular complexity index is 1560. The average Bonchev–Trinajstić information content (AvgIpc) is 3.36. The van der Waals surface area contributed by atoms with Gasteiger partial charge in [-0.15, -0.1) is 0 Å². The molecule has 2 aromatic heterocycles. The molecular formula is C27H24Cl2FN7O3. The number of aromatic nitrogens is 3. The second kappa shape index (κ2) is 12.7. The van der Waals surface area contributed by atoms with E-state index >= 15 is 0 Å². The van der Waals surface area contributed by atoms with Gasteiger partial charge < -0.3 is 21.7 Å². The number of nitrogens with two attached hydrogens (primary N) is 1. The lowest BCUT2D eigenvalue weighted by molar-refractivity contribution is -0.120. The summed E-state index contributed by atoms with van der Waals surface area (Å²) in [6.45, 7) is 1.67. The van der Waals surface area contributed by atoms with Crippen LogP contribution in [0.25, 0.3) is 16.9 Å². The SMILES string of the molecule is C[C@@H](CNC(=O)c1cc(NC(=O)c2cc(-c3ncccc3F)c(Cl)cc2Cl)n(-c2ccccc2)n1)NC(=O)CN. The van der Waals surface area contributed by atoms with Crippen LogP contribution in [0.2, 0.25) is 10.0 Å². The Labute approximate surface area is 238 Å². The number of benzene rings is 2. The predicted octanol–water partition coefficient (Wildman–Crippen LogP) is 3.83. The van der Waals surface area contributed by atoms with Crippen molar-refractivity contribution in [3.63, 3.8) is 0 Å². The van der Waals surface area contributed by atoms with E-state index in [4.69, 9.17) is 28.9 Å². The highest BCUT2D eigenvalue weighted by atomic mass is 35.5. The maximum absolute atomic E-state index is 14.4. The summed E-state index contributed by atoms with van der Waals surface area (Å²) >= 11 is 12.6. The minimum Gasteiger partial charge on any atom is -0.351 e. The first kappa shape index (κ1) is 28.7. The topological polar surface area (TPSA) is 144 Å². The molecule has 0 radical (unpaired) electrons. The van der Waals surface area contributed by atoms with Gasteiger partial charge in [0.05, 0.1) is 27.8 Å². The number of nitrogens with zero attached hydrogens (tertiary/aromatic N) is 3. The van der Waals surface area contributed by atoms with Crippen LogP contribution < -0.4 is 21.7 Å². The fraction of sp³-hybridized carbons (Fsp3) is 0.148. The van der Waals surface area contributed by atoms with Gasteiger partial charge in [-0.3, -0.25) is 19.4 Å². The van der Waals surface area contributed by atoms with Crippen LogP contribution >= 0.6 is 23.2 Å². The smallest absolute Gasteiger partial charge is 0.271 e. The van der Waals surface area contributed by atoms with Crippen LogP contribution in [0.1, 0.15) is 27.8 Å². The van der Waals surface area contributed by atoms with Gasteiger partial charge in [0.1, 0.15) is 17.3 Å². The number of halogens is 3. The number of carbonyl (C=O) groups is 3. The fourth-order valence-corrected chi connectivity index (χ4v) is 4.30. The van der Waals surface area contributed by atoms with Gasteiger partial charge in [-0.1, -0.05) is 41.4 Å². The zero-order valence-electron chi connectivity index (χ0n) is 21.1. The van der Waals surface area contributed by atoms with Crippen molar-refractivity contribution in [2.75, 3.05) is 18.4 Å². The summed E-state index contributed by atoms with van der Waals surface area (Å²) in [5.41, 5.74) is 6.03. The molecule has 0 spiro atoms. The Kier molecular flexibility index (Phi) is 9.10. The first-order valence-electron chi connectivity index (χ1n) is 12.0. The third-order valence-corrected chi connectivity index (χ3v) is 6.29. The van der Waals surface area contributed by atoms with Crippen molar-refractivity contribution < 1.29 is 18.8 Å². The molecule has 0 aliphatic carbocycles. The number of amides is 3. The molecule has 206 valence electrons. The third kappa shape index (κ3) is 6.63. The molecule has 0 saturated heterocycles. The Morgan fingerprint density at radius 1 is 1.02 bits per heavy atom. The number of anilines is 1. The summed E-state index contributed by atoms with van der Waals surface area (Å²) < 4.78 is 15.8. The Morgan fingerprint density at radius 3 is 2.48 bits per heavy atom. The van der Waals surface area contributed by atoms with Gasteiger partial charge in [-0.25, -0.2) is 9.07 Å². The van der Waals surface area contributed by atoms with Gasteiger partial charge in [0.2, 0.25) is 5.91 Å². The second-order valence-electron chi connectivity index (χ2n) is 8.64. The molecule has 0 bridgehead atoms. The maximum Gasteiger partial charge on any atom is 0.271 e. The van der Waals surface area contributed by atoms with Gasteiger partial charge in [0.25, 0.3) is 11.8 Å². The second-order valence-corrected chi connectivity index (χ2v) is 9.46. The average molecular weight is 584 g/mol. The molecule has 2 aromatic carbocycles. The molecule has 10 nitrogen and oxygen atoms in total. The molecule has 4 aromatic rings. The van der Waals surface area contributed by atoms with Crippen molar-refractivity contribution >= 4 is 46.7 Å². The predicted molar refractivity (Wildman–Crippen MR) is 150 cm³/mol. The molecule has 0 unspecified atom stereocenters. The molecular weight excluding hydrogens is 560 g/mol. The van der Waals surface area contributed by atoms with Crippen LogP contribution in [0.15, 0.2) is 66.9 Å². The van der Waals surface area contributed by atoms with E-state index in [1.54, 1.807) is 31.2 Å². The first-order chi connectivity index (χ1) is 19.2.